The van der Waals surface area contributed by atoms with Crippen LogP contribution in [-0.2, 0) is 6.54 Å². The van der Waals surface area contributed by atoms with Gasteiger partial charge in [0.15, 0.2) is 0 Å². The lowest BCUT2D eigenvalue weighted by Crippen LogP contribution is -2.32. The van der Waals surface area contributed by atoms with Crippen molar-refractivity contribution in [3.8, 4) is 0 Å². The second-order valence-electron chi connectivity index (χ2n) is 4.07. The predicted octanol–water partition coefficient (Wildman–Crippen LogP) is 0.582. The molecule has 0 saturated carbocycles. The molecular formula is C13H16N2O2. The molecule has 1 atom stereocenters. The summed E-state index contributed by atoms with van der Waals surface area (Å²) >= 11 is 0. The van der Waals surface area contributed by atoms with E-state index >= 15 is 0 Å². The molecule has 1 aromatic carbocycles. The van der Waals surface area contributed by atoms with Crippen LogP contribution in [0.1, 0.15) is 0 Å². The van der Waals surface area contributed by atoms with E-state index in [-0.39, 0.29) is 5.56 Å². The fourth-order valence-electron chi connectivity index (χ4n) is 1.90. The molecule has 1 heterocycles. The van der Waals surface area contributed by atoms with Gasteiger partial charge in [-0.2, -0.15) is 0 Å². The van der Waals surface area contributed by atoms with Gasteiger partial charge in [0.05, 0.1) is 12.6 Å². The van der Waals surface area contributed by atoms with Gasteiger partial charge in [-0.05, 0) is 24.6 Å². The first-order valence-electron chi connectivity index (χ1n) is 5.63. The van der Waals surface area contributed by atoms with Crippen molar-refractivity contribution in [1.29, 1.82) is 0 Å². The average Bonchev–Trinajstić information content (AvgIpc) is 2.33. The van der Waals surface area contributed by atoms with Crippen molar-refractivity contribution in [1.82, 2.24) is 9.88 Å². The minimum atomic E-state index is -0.557. The van der Waals surface area contributed by atoms with Crippen LogP contribution >= 0.6 is 0 Å². The number of hydrogen-bond donors (Lipinski definition) is 2. The maximum Gasteiger partial charge on any atom is 0.258 e. The van der Waals surface area contributed by atoms with Crippen LogP contribution in [-0.4, -0.2) is 29.4 Å². The van der Waals surface area contributed by atoms with Crippen LogP contribution in [0, 0.1) is 0 Å². The SMILES string of the molecule is CNCC(O)Cn1ccc2ccccc2c1=O. The molecule has 0 spiro atoms. The molecule has 0 aliphatic rings. The van der Waals surface area contributed by atoms with Gasteiger partial charge in [0.1, 0.15) is 0 Å². The highest BCUT2D eigenvalue weighted by Crippen LogP contribution is 2.08. The Balaban J connectivity index is 2.36. The van der Waals surface area contributed by atoms with Crippen molar-refractivity contribution in [3.63, 3.8) is 0 Å². The Morgan fingerprint density at radius 1 is 1.35 bits per heavy atom. The third kappa shape index (κ3) is 2.54. The van der Waals surface area contributed by atoms with E-state index in [1.165, 1.54) is 0 Å². The highest BCUT2D eigenvalue weighted by atomic mass is 16.3. The lowest BCUT2D eigenvalue weighted by molar-refractivity contribution is 0.153. The Kier molecular flexibility index (Phi) is 3.56. The molecule has 90 valence electrons. The summed E-state index contributed by atoms with van der Waals surface area (Å²) in [5, 5.41) is 14.2. The number of benzene rings is 1. The highest BCUT2D eigenvalue weighted by Gasteiger charge is 2.07. The van der Waals surface area contributed by atoms with Crippen molar-refractivity contribution in [2.24, 2.45) is 0 Å². The zero-order chi connectivity index (χ0) is 12.3. The zero-order valence-corrected chi connectivity index (χ0v) is 9.76. The van der Waals surface area contributed by atoms with Gasteiger partial charge in [0, 0.05) is 18.1 Å². The third-order valence-corrected chi connectivity index (χ3v) is 2.73. The number of aromatic nitrogens is 1. The lowest BCUT2D eigenvalue weighted by atomic mass is 10.2. The summed E-state index contributed by atoms with van der Waals surface area (Å²) in [7, 11) is 1.77. The van der Waals surface area contributed by atoms with E-state index in [9.17, 15) is 9.90 Å². The summed E-state index contributed by atoms with van der Waals surface area (Å²) < 4.78 is 1.55. The minimum absolute atomic E-state index is 0.0572. The Labute approximate surface area is 99.5 Å². The third-order valence-electron chi connectivity index (χ3n) is 2.73. The van der Waals surface area contributed by atoms with Gasteiger partial charge in [-0.25, -0.2) is 0 Å². The summed E-state index contributed by atoms with van der Waals surface area (Å²) in [6, 6.07) is 9.35. The summed E-state index contributed by atoms with van der Waals surface area (Å²) in [5.74, 6) is 0. The van der Waals surface area contributed by atoms with Gasteiger partial charge in [0.25, 0.3) is 5.56 Å². The highest BCUT2D eigenvalue weighted by molar-refractivity contribution is 5.81. The molecule has 2 N–H and O–H groups in total. The monoisotopic (exact) mass is 232 g/mol. The Morgan fingerprint density at radius 2 is 2.12 bits per heavy atom. The van der Waals surface area contributed by atoms with E-state index in [2.05, 4.69) is 5.32 Å². The lowest BCUT2D eigenvalue weighted by Gasteiger charge is -2.12. The minimum Gasteiger partial charge on any atom is -0.390 e. The molecule has 2 aromatic rings. The van der Waals surface area contributed by atoms with Gasteiger partial charge in [-0.3, -0.25) is 4.79 Å². The molecule has 0 saturated heterocycles. The maximum absolute atomic E-state index is 12.1. The molecule has 0 radical (unpaired) electrons. The van der Waals surface area contributed by atoms with Crippen LogP contribution in [0.15, 0.2) is 41.3 Å². The summed E-state index contributed by atoms with van der Waals surface area (Å²) in [6.45, 7) is 0.782. The van der Waals surface area contributed by atoms with E-state index in [1.54, 1.807) is 23.9 Å². The van der Waals surface area contributed by atoms with Crippen LogP contribution in [0.5, 0.6) is 0 Å². The molecule has 0 amide bonds. The van der Waals surface area contributed by atoms with Crippen LogP contribution in [0.3, 0.4) is 0 Å². The van der Waals surface area contributed by atoms with Crippen LogP contribution in [0.25, 0.3) is 10.8 Å². The Hall–Kier alpha value is -1.65. The second-order valence-corrected chi connectivity index (χ2v) is 4.07. The fourth-order valence-corrected chi connectivity index (χ4v) is 1.90. The number of rotatable bonds is 4. The Bertz CT molecular complexity index is 563. The number of nitrogens with zero attached hydrogens (tertiary/aromatic N) is 1. The normalized spacial score (nSPS) is 12.8. The summed E-state index contributed by atoms with van der Waals surface area (Å²) in [6.07, 6.45) is 1.17. The van der Waals surface area contributed by atoms with Crippen molar-refractivity contribution < 1.29 is 5.11 Å². The molecule has 17 heavy (non-hydrogen) atoms. The van der Waals surface area contributed by atoms with Crippen molar-refractivity contribution in [2.75, 3.05) is 13.6 Å². The van der Waals surface area contributed by atoms with E-state index in [0.29, 0.717) is 18.5 Å². The average molecular weight is 232 g/mol. The topological polar surface area (TPSA) is 54.3 Å². The van der Waals surface area contributed by atoms with E-state index in [0.717, 1.165) is 5.39 Å². The number of aliphatic hydroxyl groups excluding tert-OH is 1. The Morgan fingerprint density at radius 3 is 2.88 bits per heavy atom. The smallest absolute Gasteiger partial charge is 0.258 e. The summed E-state index contributed by atoms with van der Waals surface area (Å²) in [4.78, 5) is 12.1. The molecule has 4 heteroatoms. The number of aliphatic hydroxyl groups is 1. The van der Waals surface area contributed by atoms with Gasteiger partial charge in [-0.1, -0.05) is 18.2 Å². The number of nitrogens with one attached hydrogen (secondary N) is 1. The van der Waals surface area contributed by atoms with Gasteiger partial charge < -0.3 is 15.0 Å². The maximum atomic E-state index is 12.1. The molecular weight excluding hydrogens is 216 g/mol. The largest absolute Gasteiger partial charge is 0.390 e. The first-order chi connectivity index (χ1) is 8.22. The second kappa shape index (κ2) is 5.12. The van der Waals surface area contributed by atoms with Gasteiger partial charge in [-0.15, -0.1) is 0 Å². The van der Waals surface area contributed by atoms with Crippen LogP contribution in [0.4, 0.5) is 0 Å². The van der Waals surface area contributed by atoms with E-state index in [4.69, 9.17) is 0 Å². The van der Waals surface area contributed by atoms with Crippen LogP contribution < -0.4 is 10.9 Å². The molecule has 1 aromatic heterocycles. The number of hydrogen-bond acceptors (Lipinski definition) is 3. The van der Waals surface area contributed by atoms with E-state index in [1.807, 2.05) is 24.3 Å². The molecule has 0 bridgehead atoms. The van der Waals surface area contributed by atoms with Crippen molar-refractivity contribution in [2.45, 2.75) is 12.6 Å². The fraction of sp³-hybridized carbons (Fsp3) is 0.308. The first kappa shape index (κ1) is 11.8. The quantitative estimate of drug-likeness (QED) is 0.811. The number of fused-ring (bicyclic) bond motifs is 1. The molecule has 0 aliphatic carbocycles. The number of likely N-dealkylation sites (N-methyl/N-ethyl adjacent to an activating group) is 1. The first-order valence-corrected chi connectivity index (χ1v) is 5.63. The van der Waals surface area contributed by atoms with Crippen molar-refractivity contribution >= 4 is 10.8 Å². The van der Waals surface area contributed by atoms with Gasteiger partial charge in [0.2, 0.25) is 0 Å². The van der Waals surface area contributed by atoms with Crippen LogP contribution in [0.2, 0.25) is 0 Å². The van der Waals surface area contributed by atoms with E-state index < -0.39 is 6.10 Å². The number of pyridine rings is 1. The molecule has 0 aliphatic heterocycles. The molecule has 2 rings (SSSR count). The molecule has 1 unspecified atom stereocenters. The van der Waals surface area contributed by atoms with Gasteiger partial charge >= 0.3 is 0 Å². The molecule has 4 nitrogen and oxygen atoms in total. The summed E-state index contributed by atoms with van der Waals surface area (Å²) in [5.41, 5.74) is -0.0572. The predicted molar refractivity (Wildman–Crippen MR) is 68.1 cm³/mol. The molecule has 0 fully saturated rings. The van der Waals surface area contributed by atoms with Crippen molar-refractivity contribution in [3.05, 3.63) is 46.9 Å². The standard InChI is InChI=1S/C13H16N2O2/c1-14-8-11(16)9-15-7-6-10-4-2-3-5-12(10)13(15)17/h2-7,11,14,16H,8-9H2,1H3. The zero-order valence-electron chi connectivity index (χ0n) is 9.76.